The van der Waals surface area contributed by atoms with E-state index >= 15 is 0 Å². The molecule has 0 saturated heterocycles. The highest BCUT2D eigenvalue weighted by Crippen LogP contribution is 2.52. The number of fused-ring (bicyclic) bond motifs is 1. The molecule has 23 heavy (non-hydrogen) atoms. The van der Waals surface area contributed by atoms with Crippen molar-refractivity contribution < 1.29 is 5.21 Å². The molecule has 4 nitrogen and oxygen atoms in total. The monoisotopic (exact) mass is 307 g/mol. The van der Waals surface area contributed by atoms with Crippen LogP contribution >= 0.6 is 0 Å². The Morgan fingerprint density at radius 2 is 2.17 bits per heavy atom. The van der Waals surface area contributed by atoms with E-state index in [0.717, 1.165) is 18.4 Å². The van der Waals surface area contributed by atoms with E-state index in [1.807, 2.05) is 19.2 Å². The van der Waals surface area contributed by atoms with Crippen LogP contribution in [0, 0.1) is 6.92 Å². The fourth-order valence-corrected chi connectivity index (χ4v) is 3.33. The Balaban J connectivity index is 1.54. The predicted molar refractivity (Wildman–Crippen MR) is 91.3 cm³/mol. The average Bonchev–Trinajstić information content (AvgIpc) is 3.45. The summed E-state index contributed by atoms with van der Waals surface area (Å²) in [5.74, 6) is 0. The van der Waals surface area contributed by atoms with Crippen molar-refractivity contribution in [2.24, 2.45) is 4.99 Å². The first-order chi connectivity index (χ1) is 11.1. The third-order valence-electron chi connectivity index (χ3n) is 4.91. The van der Waals surface area contributed by atoms with Crippen LogP contribution in [0.25, 0.3) is 0 Å². The van der Waals surface area contributed by atoms with Crippen LogP contribution in [0.1, 0.15) is 30.9 Å². The summed E-state index contributed by atoms with van der Waals surface area (Å²) in [6.45, 7) is 4.01. The van der Waals surface area contributed by atoms with Gasteiger partial charge >= 0.3 is 0 Å². The van der Waals surface area contributed by atoms with Crippen LogP contribution in [0.4, 0.5) is 0 Å². The zero-order valence-corrected chi connectivity index (χ0v) is 13.4. The molecule has 4 heteroatoms. The summed E-state index contributed by atoms with van der Waals surface area (Å²) < 4.78 is 0. The normalized spacial score (nSPS) is 27.0. The van der Waals surface area contributed by atoms with E-state index in [0.29, 0.717) is 5.70 Å². The summed E-state index contributed by atoms with van der Waals surface area (Å²) in [6.07, 6.45) is 10.2. The number of nitrogens with one attached hydrogen (secondary N) is 2. The molecule has 118 valence electrons. The lowest BCUT2D eigenvalue weighted by molar-refractivity contribution is 0.204. The first kappa shape index (κ1) is 14.4. The first-order valence-electron chi connectivity index (χ1n) is 8.04. The van der Waals surface area contributed by atoms with Gasteiger partial charge in [0.05, 0.1) is 5.70 Å². The molecular formula is C19H21N3O. The van der Waals surface area contributed by atoms with Crippen molar-refractivity contribution in [2.45, 2.75) is 37.9 Å². The standard InChI is InChI=1S/C19H21N3O/c1-3-17(21-23)14-10-16-11-19(16,20-12-14)22-18(7-8-18)15-6-4-5-13(2)9-15/h3-6,9-12,21-23H,7-8H2,1-2H3/t19-/m1/s1. The van der Waals surface area contributed by atoms with Crippen molar-refractivity contribution in [1.82, 2.24) is 10.8 Å². The third-order valence-corrected chi connectivity index (χ3v) is 4.91. The first-order valence-corrected chi connectivity index (χ1v) is 8.04. The molecule has 0 radical (unpaired) electrons. The Hall–Kier alpha value is -2.17. The van der Waals surface area contributed by atoms with E-state index in [-0.39, 0.29) is 11.2 Å². The van der Waals surface area contributed by atoms with Crippen LogP contribution in [0.15, 0.2) is 64.3 Å². The summed E-state index contributed by atoms with van der Waals surface area (Å²) >= 11 is 0. The molecule has 0 aromatic heterocycles. The average molecular weight is 307 g/mol. The summed E-state index contributed by atoms with van der Waals surface area (Å²) in [5, 5.41) is 12.9. The van der Waals surface area contributed by atoms with Crippen molar-refractivity contribution in [3.63, 3.8) is 0 Å². The summed E-state index contributed by atoms with van der Waals surface area (Å²) in [7, 11) is 0. The topological polar surface area (TPSA) is 56.6 Å². The number of hydrogen-bond donors (Lipinski definition) is 3. The van der Waals surface area contributed by atoms with Gasteiger partial charge in [0, 0.05) is 17.3 Å². The second-order valence-corrected chi connectivity index (χ2v) is 6.61. The van der Waals surface area contributed by atoms with Crippen molar-refractivity contribution in [1.29, 1.82) is 0 Å². The van der Waals surface area contributed by atoms with Crippen molar-refractivity contribution in [3.05, 3.63) is 70.5 Å². The maximum absolute atomic E-state index is 9.16. The van der Waals surface area contributed by atoms with Gasteiger partial charge < -0.3 is 0 Å². The van der Waals surface area contributed by atoms with E-state index in [4.69, 9.17) is 10.2 Å². The molecule has 0 spiro atoms. The Morgan fingerprint density at radius 3 is 2.78 bits per heavy atom. The number of aryl methyl sites for hydroxylation is 1. The lowest BCUT2D eigenvalue weighted by atomic mass is 10.0. The Morgan fingerprint density at radius 1 is 1.35 bits per heavy atom. The minimum atomic E-state index is -0.349. The highest BCUT2D eigenvalue weighted by atomic mass is 16.5. The van der Waals surface area contributed by atoms with Gasteiger partial charge in [0.25, 0.3) is 0 Å². The van der Waals surface area contributed by atoms with Gasteiger partial charge in [-0.3, -0.25) is 21.0 Å². The molecule has 0 amide bonds. The number of nitrogens with zero attached hydrogens (tertiary/aromatic N) is 1. The highest BCUT2D eigenvalue weighted by Gasteiger charge is 2.55. The molecule has 3 N–H and O–H groups in total. The van der Waals surface area contributed by atoms with E-state index in [9.17, 15) is 0 Å². The fraction of sp³-hybridized carbons (Fsp3) is 0.316. The molecule has 1 fully saturated rings. The van der Waals surface area contributed by atoms with Crippen LogP contribution in [0.5, 0.6) is 0 Å². The summed E-state index contributed by atoms with van der Waals surface area (Å²) in [4.78, 5) is 4.72. The fourth-order valence-electron chi connectivity index (χ4n) is 3.33. The van der Waals surface area contributed by atoms with Crippen LogP contribution in [0.2, 0.25) is 0 Å². The predicted octanol–water partition coefficient (Wildman–Crippen LogP) is 3.10. The van der Waals surface area contributed by atoms with Crippen LogP contribution in [-0.4, -0.2) is 17.1 Å². The van der Waals surface area contributed by atoms with Crippen LogP contribution < -0.4 is 10.8 Å². The van der Waals surface area contributed by atoms with Crippen LogP contribution in [-0.2, 0) is 5.54 Å². The number of hydrogen-bond acceptors (Lipinski definition) is 4. The zero-order chi connectivity index (χ0) is 16.1. The zero-order valence-electron chi connectivity index (χ0n) is 13.4. The Bertz CT molecular complexity index is 784. The molecule has 1 aromatic rings. The maximum Gasteiger partial charge on any atom is 0.156 e. The molecule has 1 saturated carbocycles. The van der Waals surface area contributed by atoms with Gasteiger partial charge in [0.15, 0.2) is 5.66 Å². The van der Waals surface area contributed by atoms with Gasteiger partial charge in [-0.1, -0.05) is 35.9 Å². The minimum Gasteiger partial charge on any atom is -0.291 e. The SMILES string of the molecule is CC=C(NO)C1=CC2=C[C@]2(NC2(c3cccc(C)c3)CC2)N=C1. The minimum absolute atomic E-state index is 0.0472. The second kappa shape index (κ2) is 4.91. The molecule has 2 aliphatic carbocycles. The molecular weight excluding hydrogens is 286 g/mol. The quantitative estimate of drug-likeness (QED) is 0.733. The van der Waals surface area contributed by atoms with Gasteiger partial charge in [-0.2, -0.15) is 0 Å². The molecule has 0 bridgehead atoms. The van der Waals surface area contributed by atoms with E-state index in [1.54, 1.807) is 0 Å². The Labute approximate surface area is 136 Å². The lowest BCUT2D eigenvalue weighted by Gasteiger charge is -2.26. The molecule has 0 unspecified atom stereocenters. The van der Waals surface area contributed by atoms with E-state index in [2.05, 4.69) is 54.1 Å². The van der Waals surface area contributed by atoms with Crippen LogP contribution in [0.3, 0.4) is 0 Å². The van der Waals surface area contributed by atoms with E-state index < -0.39 is 0 Å². The summed E-state index contributed by atoms with van der Waals surface area (Å²) in [6, 6.07) is 8.72. The molecule has 3 aliphatic rings. The van der Waals surface area contributed by atoms with E-state index in [1.165, 1.54) is 16.7 Å². The molecule has 1 aromatic carbocycles. The maximum atomic E-state index is 9.16. The molecule has 4 rings (SSSR count). The van der Waals surface area contributed by atoms with Gasteiger partial charge in [-0.25, -0.2) is 0 Å². The third kappa shape index (κ3) is 2.35. The number of hydroxylamine groups is 1. The number of aliphatic imine (C=N–C) groups is 1. The smallest absolute Gasteiger partial charge is 0.156 e. The highest BCUT2D eigenvalue weighted by molar-refractivity contribution is 5.90. The Kier molecular flexibility index (Phi) is 3.08. The van der Waals surface area contributed by atoms with Crippen molar-refractivity contribution >= 4 is 6.21 Å². The second-order valence-electron chi connectivity index (χ2n) is 6.61. The molecule has 1 aliphatic heterocycles. The van der Waals surface area contributed by atoms with Crippen molar-refractivity contribution in [2.75, 3.05) is 0 Å². The molecule has 1 atom stereocenters. The molecule has 1 heterocycles. The van der Waals surface area contributed by atoms with Crippen molar-refractivity contribution in [3.8, 4) is 0 Å². The number of benzene rings is 1. The van der Waals surface area contributed by atoms with Gasteiger partial charge in [-0.05, 0) is 50.0 Å². The number of dihydropyridines is 1. The lowest BCUT2D eigenvalue weighted by Crippen LogP contribution is -2.42. The van der Waals surface area contributed by atoms with Gasteiger partial charge in [0.2, 0.25) is 0 Å². The number of allylic oxidation sites excluding steroid dienone is 2. The van der Waals surface area contributed by atoms with Gasteiger partial charge in [0.1, 0.15) is 0 Å². The number of rotatable bonds is 5. The largest absolute Gasteiger partial charge is 0.291 e. The van der Waals surface area contributed by atoms with Gasteiger partial charge in [-0.15, -0.1) is 0 Å². The summed E-state index contributed by atoms with van der Waals surface area (Å²) in [5.41, 5.74) is 7.30.